The van der Waals surface area contributed by atoms with Crippen molar-refractivity contribution in [3.63, 3.8) is 0 Å². The van der Waals surface area contributed by atoms with Crippen molar-refractivity contribution in [3.8, 4) is 0 Å². The van der Waals surface area contributed by atoms with Crippen LogP contribution in [0.2, 0.25) is 0 Å². The van der Waals surface area contributed by atoms with E-state index in [1.165, 1.54) is 16.9 Å². The summed E-state index contributed by atoms with van der Waals surface area (Å²) in [7, 11) is 0. The summed E-state index contributed by atoms with van der Waals surface area (Å²) in [5.74, 6) is 1.98. The summed E-state index contributed by atoms with van der Waals surface area (Å²) in [6.07, 6.45) is 2.19. The highest BCUT2D eigenvalue weighted by atomic mass is 35.5. The average Bonchev–Trinajstić information content (AvgIpc) is 2.68. The van der Waals surface area contributed by atoms with Crippen LogP contribution in [-0.2, 0) is 12.3 Å². The van der Waals surface area contributed by atoms with Crippen LogP contribution in [-0.4, -0.2) is 9.97 Å². The van der Waals surface area contributed by atoms with Crippen LogP contribution in [0.5, 0.6) is 0 Å². The number of rotatable bonds is 1. The Bertz CT molecular complexity index is 661. The fourth-order valence-electron chi connectivity index (χ4n) is 2.93. The van der Waals surface area contributed by atoms with Crippen molar-refractivity contribution in [2.24, 2.45) is 5.92 Å². The van der Waals surface area contributed by atoms with Gasteiger partial charge in [0.2, 0.25) is 0 Å². The lowest BCUT2D eigenvalue weighted by Gasteiger charge is -2.23. The van der Waals surface area contributed by atoms with Gasteiger partial charge in [0.1, 0.15) is 10.7 Å². The molecule has 2 heterocycles. The van der Waals surface area contributed by atoms with E-state index in [-0.39, 0.29) is 11.4 Å². The van der Waals surface area contributed by atoms with Gasteiger partial charge in [-0.3, -0.25) is 4.79 Å². The van der Waals surface area contributed by atoms with Gasteiger partial charge in [-0.1, -0.05) is 13.8 Å². The third-order valence-corrected chi connectivity index (χ3v) is 5.23. The molecule has 0 saturated heterocycles. The van der Waals surface area contributed by atoms with E-state index in [9.17, 15) is 4.79 Å². The lowest BCUT2D eigenvalue weighted by atomic mass is 9.83. The number of hydrogen-bond donors (Lipinski definition) is 1. The number of fused-ring (bicyclic) bond motifs is 3. The molecule has 0 aromatic carbocycles. The predicted molar refractivity (Wildman–Crippen MR) is 75.7 cm³/mol. The van der Waals surface area contributed by atoms with Crippen molar-refractivity contribution in [2.45, 2.75) is 38.5 Å². The Balaban J connectivity index is 2.31. The van der Waals surface area contributed by atoms with Crippen molar-refractivity contribution in [3.05, 3.63) is 26.6 Å². The van der Waals surface area contributed by atoms with Crippen molar-refractivity contribution in [2.75, 3.05) is 0 Å². The van der Waals surface area contributed by atoms with Crippen molar-refractivity contribution in [1.29, 1.82) is 0 Å². The maximum absolute atomic E-state index is 12.2. The van der Waals surface area contributed by atoms with Gasteiger partial charge in [-0.25, -0.2) is 4.98 Å². The standard InChI is InChI=1S/C13H15ClN2OS/c1-6-3-7(2)11-8(4-6)10-12(17)15-9(5-14)16-13(10)18-11/h6-7H,3-5H2,1-2H3,(H,15,16,17). The molecule has 5 heteroatoms. The molecule has 2 aromatic heterocycles. The van der Waals surface area contributed by atoms with Gasteiger partial charge in [-0.15, -0.1) is 22.9 Å². The Labute approximate surface area is 114 Å². The quantitative estimate of drug-likeness (QED) is 0.815. The zero-order valence-corrected chi connectivity index (χ0v) is 12.0. The Kier molecular flexibility index (Phi) is 2.94. The first-order chi connectivity index (χ1) is 8.60. The molecule has 0 aliphatic heterocycles. The van der Waals surface area contributed by atoms with E-state index in [4.69, 9.17) is 11.6 Å². The number of alkyl halides is 1. The summed E-state index contributed by atoms with van der Waals surface area (Å²) in [5.41, 5.74) is 1.19. The smallest absolute Gasteiger partial charge is 0.259 e. The number of H-pyrrole nitrogens is 1. The van der Waals surface area contributed by atoms with Crippen LogP contribution in [0.3, 0.4) is 0 Å². The zero-order chi connectivity index (χ0) is 12.9. The second kappa shape index (κ2) is 4.35. The number of aromatic nitrogens is 2. The van der Waals surface area contributed by atoms with E-state index in [1.807, 2.05) is 0 Å². The molecule has 1 N–H and O–H groups in total. The number of thiophene rings is 1. The second-order valence-electron chi connectivity index (χ2n) is 5.22. The molecule has 18 heavy (non-hydrogen) atoms. The Hall–Kier alpha value is -0.870. The molecule has 0 amide bonds. The number of aromatic amines is 1. The van der Waals surface area contributed by atoms with Gasteiger partial charge in [0.05, 0.1) is 11.3 Å². The summed E-state index contributed by atoms with van der Waals surface area (Å²) in [6.45, 7) is 4.48. The van der Waals surface area contributed by atoms with Crippen LogP contribution in [0.4, 0.5) is 0 Å². The second-order valence-corrected chi connectivity index (χ2v) is 6.52. The van der Waals surface area contributed by atoms with E-state index >= 15 is 0 Å². The summed E-state index contributed by atoms with van der Waals surface area (Å²) >= 11 is 7.41. The highest BCUT2D eigenvalue weighted by Gasteiger charge is 2.27. The fourth-order valence-corrected chi connectivity index (χ4v) is 4.35. The molecule has 2 unspecified atom stereocenters. The molecule has 0 fully saturated rings. The molecule has 1 aliphatic rings. The molecular formula is C13H15ClN2OS. The van der Waals surface area contributed by atoms with Gasteiger partial charge in [-0.05, 0) is 30.2 Å². The van der Waals surface area contributed by atoms with Crippen molar-refractivity contribution >= 4 is 33.2 Å². The number of nitrogens with one attached hydrogen (secondary N) is 1. The Morgan fingerprint density at radius 3 is 3.00 bits per heavy atom. The van der Waals surface area contributed by atoms with Gasteiger partial charge in [-0.2, -0.15) is 0 Å². The first kappa shape index (κ1) is 12.2. The van der Waals surface area contributed by atoms with Crippen LogP contribution < -0.4 is 5.56 Å². The van der Waals surface area contributed by atoms with E-state index in [2.05, 4.69) is 23.8 Å². The van der Waals surface area contributed by atoms with E-state index < -0.39 is 0 Å². The van der Waals surface area contributed by atoms with Crippen molar-refractivity contribution in [1.82, 2.24) is 9.97 Å². The van der Waals surface area contributed by atoms with Gasteiger partial charge < -0.3 is 4.98 Å². The number of nitrogens with zero attached hydrogens (tertiary/aromatic N) is 1. The SMILES string of the molecule is CC1Cc2c(sc3nc(CCl)[nH]c(=O)c23)C(C)C1. The summed E-state index contributed by atoms with van der Waals surface area (Å²) in [6, 6.07) is 0. The van der Waals surface area contributed by atoms with E-state index in [0.29, 0.717) is 17.7 Å². The summed E-state index contributed by atoms with van der Waals surface area (Å²) in [4.78, 5) is 21.6. The topological polar surface area (TPSA) is 45.8 Å². The third kappa shape index (κ3) is 1.79. The molecule has 96 valence electrons. The maximum Gasteiger partial charge on any atom is 0.259 e. The summed E-state index contributed by atoms with van der Waals surface area (Å²) in [5, 5.41) is 0.794. The first-order valence-electron chi connectivity index (χ1n) is 6.20. The van der Waals surface area contributed by atoms with Crippen LogP contribution in [0.25, 0.3) is 10.2 Å². The molecular weight excluding hydrogens is 268 g/mol. The van der Waals surface area contributed by atoms with Crippen LogP contribution >= 0.6 is 22.9 Å². The molecule has 0 bridgehead atoms. The lowest BCUT2D eigenvalue weighted by Crippen LogP contribution is -2.16. The van der Waals surface area contributed by atoms with E-state index in [1.54, 1.807) is 11.3 Å². The average molecular weight is 283 g/mol. The number of halogens is 1. The number of hydrogen-bond acceptors (Lipinski definition) is 3. The normalized spacial score (nSPS) is 23.3. The first-order valence-corrected chi connectivity index (χ1v) is 7.55. The molecule has 0 radical (unpaired) electrons. The molecule has 0 spiro atoms. The molecule has 2 atom stereocenters. The highest BCUT2D eigenvalue weighted by Crippen LogP contribution is 2.42. The fraction of sp³-hybridized carbons (Fsp3) is 0.538. The minimum atomic E-state index is -0.0329. The van der Waals surface area contributed by atoms with E-state index in [0.717, 1.165) is 16.6 Å². The monoisotopic (exact) mass is 282 g/mol. The highest BCUT2D eigenvalue weighted by molar-refractivity contribution is 7.18. The van der Waals surface area contributed by atoms with Gasteiger partial charge in [0, 0.05) is 4.88 Å². The minimum absolute atomic E-state index is 0.0329. The molecule has 2 aromatic rings. The summed E-state index contributed by atoms with van der Waals surface area (Å²) < 4.78 is 0. The Morgan fingerprint density at radius 2 is 2.28 bits per heavy atom. The van der Waals surface area contributed by atoms with Crippen LogP contribution in [0, 0.1) is 5.92 Å². The molecule has 0 saturated carbocycles. The lowest BCUT2D eigenvalue weighted by molar-refractivity contribution is 0.458. The zero-order valence-electron chi connectivity index (χ0n) is 10.4. The third-order valence-electron chi connectivity index (χ3n) is 3.62. The predicted octanol–water partition coefficient (Wildman–Crippen LogP) is 3.41. The Morgan fingerprint density at radius 1 is 1.50 bits per heavy atom. The van der Waals surface area contributed by atoms with Gasteiger partial charge in [0.15, 0.2) is 0 Å². The molecule has 1 aliphatic carbocycles. The van der Waals surface area contributed by atoms with Crippen molar-refractivity contribution < 1.29 is 0 Å². The maximum atomic E-state index is 12.2. The minimum Gasteiger partial charge on any atom is -0.309 e. The molecule has 3 rings (SSSR count). The molecule has 3 nitrogen and oxygen atoms in total. The van der Waals surface area contributed by atoms with Crippen LogP contribution in [0.1, 0.15) is 42.5 Å². The largest absolute Gasteiger partial charge is 0.309 e. The van der Waals surface area contributed by atoms with Gasteiger partial charge in [0.25, 0.3) is 5.56 Å². The van der Waals surface area contributed by atoms with Crippen LogP contribution in [0.15, 0.2) is 4.79 Å². The van der Waals surface area contributed by atoms with Gasteiger partial charge >= 0.3 is 0 Å².